The molecule has 1 fully saturated rings. The summed E-state index contributed by atoms with van der Waals surface area (Å²) in [6, 6.07) is 0. The van der Waals surface area contributed by atoms with Crippen LogP contribution in [0.15, 0.2) is 0 Å². The van der Waals surface area contributed by atoms with Gasteiger partial charge in [-0.05, 0) is 0 Å². The fourth-order valence-corrected chi connectivity index (χ4v) is 0.664. The van der Waals surface area contributed by atoms with Crippen LogP contribution < -0.4 is 0 Å². The molecule has 0 aliphatic heterocycles. The van der Waals surface area contributed by atoms with Gasteiger partial charge in [-0.25, -0.2) is 0 Å². The summed E-state index contributed by atoms with van der Waals surface area (Å²) >= 11 is 0. The van der Waals surface area contributed by atoms with Crippen molar-refractivity contribution in [2.45, 2.75) is 19.1 Å². The number of hydrogen-bond acceptors (Lipinski definition) is 2. The first kappa shape index (κ1) is 5.06. The first-order chi connectivity index (χ1) is 3.19. The maximum absolute atomic E-state index is 8.98. The summed E-state index contributed by atoms with van der Waals surface area (Å²) in [4.78, 5) is 0. The van der Waals surface area contributed by atoms with E-state index in [9.17, 15) is 0 Å². The average molecular weight is 102 g/mol. The Kier molecular flexibility index (Phi) is 0.869. The quantitative estimate of drug-likeness (QED) is 0.484. The molecule has 0 aromatic heterocycles. The number of ether oxygens (including phenoxy) is 1. The van der Waals surface area contributed by atoms with Gasteiger partial charge in [-0.3, -0.25) is 0 Å². The van der Waals surface area contributed by atoms with Crippen LogP contribution in [0.2, 0.25) is 0 Å². The van der Waals surface area contributed by atoms with E-state index in [1.165, 1.54) is 7.11 Å². The lowest BCUT2D eigenvalue weighted by Gasteiger charge is -2.02. The third-order valence-electron chi connectivity index (χ3n) is 1.56. The van der Waals surface area contributed by atoms with Gasteiger partial charge >= 0.3 is 0 Å². The highest BCUT2D eigenvalue weighted by molar-refractivity contribution is 4.91. The lowest BCUT2D eigenvalue weighted by molar-refractivity contribution is -0.111. The number of hydrogen-bond donors (Lipinski definition) is 1. The van der Waals surface area contributed by atoms with Crippen molar-refractivity contribution in [2.24, 2.45) is 5.92 Å². The Morgan fingerprint density at radius 1 is 1.86 bits per heavy atom. The van der Waals surface area contributed by atoms with Gasteiger partial charge < -0.3 is 9.84 Å². The normalized spacial score (nSPS) is 49.3. The largest absolute Gasteiger partial charge is 0.365 e. The molecule has 1 aliphatic rings. The van der Waals surface area contributed by atoms with Crippen molar-refractivity contribution < 1.29 is 9.84 Å². The van der Waals surface area contributed by atoms with E-state index < -0.39 is 5.79 Å². The fraction of sp³-hybridized carbons (Fsp3) is 1.00. The molecular weight excluding hydrogens is 92.1 g/mol. The van der Waals surface area contributed by atoms with Crippen molar-refractivity contribution in [3.05, 3.63) is 0 Å². The molecule has 0 heterocycles. The van der Waals surface area contributed by atoms with Crippen molar-refractivity contribution in [3.8, 4) is 0 Å². The van der Waals surface area contributed by atoms with E-state index in [0.717, 1.165) is 6.42 Å². The fourth-order valence-electron chi connectivity index (χ4n) is 0.664. The first-order valence-electron chi connectivity index (χ1n) is 2.46. The van der Waals surface area contributed by atoms with Crippen molar-refractivity contribution in [3.63, 3.8) is 0 Å². The van der Waals surface area contributed by atoms with Gasteiger partial charge in [-0.2, -0.15) is 0 Å². The molecule has 0 amide bonds. The average Bonchev–Trinajstić information content (AvgIpc) is 2.18. The number of aliphatic hydroxyl groups is 1. The Morgan fingerprint density at radius 3 is 2.29 bits per heavy atom. The zero-order chi connectivity index (χ0) is 5.49. The highest BCUT2D eigenvalue weighted by Gasteiger charge is 2.50. The number of rotatable bonds is 1. The monoisotopic (exact) mass is 102 g/mol. The summed E-state index contributed by atoms with van der Waals surface area (Å²) in [7, 11) is 1.53. The molecule has 1 rings (SSSR count). The summed E-state index contributed by atoms with van der Waals surface area (Å²) in [6.45, 7) is 1.96. The summed E-state index contributed by atoms with van der Waals surface area (Å²) in [5.74, 6) is -0.405. The van der Waals surface area contributed by atoms with E-state index in [1.54, 1.807) is 0 Å². The molecule has 7 heavy (non-hydrogen) atoms. The minimum Gasteiger partial charge on any atom is -0.365 e. The van der Waals surface area contributed by atoms with E-state index in [2.05, 4.69) is 0 Å². The van der Waals surface area contributed by atoms with Crippen molar-refractivity contribution >= 4 is 0 Å². The maximum Gasteiger partial charge on any atom is 0.168 e. The van der Waals surface area contributed by atoms with Gasteiger partial charge in [0.25, 0.3) is 0 Å². The SMILES string of the molecule is CO[C@@]1(O)C[C@H]1C. The van der Waals surface area contributed by atoms with Gasteiger partial charge in [-0.15, -0.1) is 0 Å². The van der Waals surface area contributed by atoms with Crippen LogP contribution in [-0.2, 0) is 4.74 Å². The molecular formula is C5H10O2. The minimum absolute atomic E-state index is 0.345. The number of methoxy groups -OCH3 is 1. The summed E-state index contributed by atoms with van der Waals surface area (Å²) < 4.78 is 4.72. The lowest BCUT2D eigenvalue weighted by atomic mass is 10.5. The molecule has 1 N–H and O–H groups in total. The third-order valence-corrected chi connectivity index (χ3v) is 1.56. The van der Waals surface area contributed by atoms with E-state index in [4.69, 9.17) is 9.84 Å². The minimum atomic E-state index is -0.750. The van der Waals surface area contributed by atoms with Gasteiger partial charge in [0.05, 0.1) is 0 Å². The summed E-state index contributed by atoms with van der Waals surface area (Å²) in [6.07, 6.45) is 0.795. The van der Waals surface area contributed by atoms with Gasteiger partial charge in [0, 0.05) is 19.4 Å². The molecule has 0 unspecified atom stereocenters. The van der Waals surface area contributed by atoms with Gasteiger partial charge in [0.15, 0.2) is 5.79 Å². The Bertz CT molecular complexity index is 78.1. The molecule has 0 radical (unpaired) electrons. The molecule has 0 aromatic rings. The lowest BCUT2D eigenvalue weighted by Crippen LogP contribution is -2.11. The Balaban J connectivity index is 2.36. The molecule has 2 heteroatoms. The Morgan fingerprint density at radius 2 is 2.29 bits per heavy atom. The van der Waals surface area contributed by atoms with Crippen LogP contribution in [0.5, 0.6) is 0 Å². The highest BCUT2D eigenvalue weighted by atomic mass is 16.6. The van der Waals surface area contributed by atoms with Crippen LogP contribution in [0, 0.1) is 5.92 Å². The topological polar surface area (TPSA) is 29.5 Å². The predicted octanol–water partition coefficient (Wildman–Crippen LogP) is 0.361. The van der Waals surface area contributed by atoms with Gasteiger partial charge in [0.2, 0.25) is 0 Å². The Hall–Kier alpha value is -0.0800. The van der Waals surface area contributed by atoms with Crippen LogP contribution in [0.3, 0.4) is 0 Å². The van der Waals surface area contributed by atoms with Crippen LogP contribution in [0.25, 0.3) is 0 Å². The first-order valence-corrected chi connectivity index (χ1v) is 2.46. The molecule has 0 spiro atoms. The molecule has 2 atom stereocenters. The van der Waals surface area contributed by atoms with Crippen LogP contribution in [0.4, 0.5) is 0 Å². The molecule has 2 nitrogen and oxygen atoms in total. The predicted molar refractivity (Wildman–Crippen MR) is 25.7 cm³/mol. The molecule has 0 bridgehead atoms. The second kappa shape index (κ2) is 1.20. The smallest absolute Gasteiger partial charge is 0.168 e. The zero-order valence-corrected chi connectivity index (χ0v) is 4.64. The van der Waals surface area contributed by atoms with E-state index >= 15 is 0 Å². The van der Waals surface area contributed by atoms with Gasteiger partial charge in [0.1, 0.15) is 0 Å². The standard InChI is InChI=1S/C5H10O2/c1-4-3-5(4,6)7-2/h4,6H,3H2,1-2H3/t4-,5+/m1/s1. The highest BCUT2D eigenvalue weighted by Crippen LogP contribution is 2.42. The molecule has 1 saturated carbocycles. The van der Waals surface area contributed by atoms with Crippen molar-refractivity contribution in [1.29, 1.82) is 0 Å². The molecule has 1 aliphatic carbocycles. The van der Waals surface area contributed by atoms with Crippen LogP contribution in [-0.4, -0.2) is 18.0 Å². The van der Waals surface area contributed by atoms with Crippen LogP contribution in [0.1, 0.15) is 13.3 Å². The van der Waals surface area contributed by atoms with E-state index in [0.29, 0.717) is 5.92 Å². The van der Waals surface area contributed by atoms with Gasteiger partial charge in [-0.1, -0.05) is 6.92 Å². The van der Waals surface area contributed by atoms with E-state index in [-0.39, 0.29) is 0 Å². The molecule has 0 aromatic carbocycles. The maximum atomic E-state index is 8.98. The second-order valence-electron chi connectivity index (χ2n) is 2.15. The van der Waals surface area contributed by atoms with E-state index in [1.807, 2.05) is 6.92 Å². The molecule has 42 valence electrons. The van der Waals surface area contributed by atoms with Crippen LogP contribution >= 0.6 is 0 Å². The van der Waals surface area contributed by atoms with Crippen molar-refractivity contribution in [2.75, 3.05) is 7.11 Å². The van der Waals surface area contributed by atoms with Crippen molar-refractivity contribution in [1.82, 2.24) is 0 Å². The summed E-state index contributed by atoms with van der Waals surface area (Å²) in [5, 5.41) is 8.98. The zero-order valence-electron chi connectivity index (χ0n) is 4.64. The Labute approximate surface area is 43.1 Å². The molecule has 0 saturated heterocycles. The second-order valence-corrected chi connectivity index (χ2v) is 2.15. The summed E-state index contributed by atoms with van der Waals surface area (Å²) in [5.41, 5.74) is 0. The third kappa shape index (κ3) is 0.640.